The molecule has 34 heavy (non-hydrogen) atoms. The molecule has 172 valence electrons. The fraction of sp³-hybridized carbons (Fsp3) is 0.115. The van der Waals surface area contributed by atoms with Crippen LogP contribution in [0.4, 0.5) is 11.4 Å². The molecule has 0 atom stereocenters. The van der Waals surface area contributed by atoms with E-state index in [4.69, 9.17) is 27.9 Å². The maximum absolute atomic E-state index is 12.6. The summed E-state index contributed by atoms with van der Waals surface area (Å²) in [6.07, 6.45) is 1.35. The molecule has 0 spiro atoms. The highest BCUT2D eigenvalue weighted by molar-refractivity contribution is 6.31. The lowest BCUT2D eigenvalue weighted by Gasteiger charge is -2.11. The van der Waals surface area contributed by atoms with Crippen LogP contribution < -0.4 is 15.4 Å². The number of halogens is 2. The van der Waals surface area contributed by atoms with Gasteiger partial charge in [0, 0.05) is 27.0 Å². The van der Waals surface area contributed by atoms with Crippen LogP contribution in [0.2, 0.25) is 10.0 Å². The van der Waals surface area contributed by atoms with Gasteiger partial charge in [-0.3, -0.25) is 9.59 Å². The molecule has 6 nitrogen and oxygen atoms in total. The van der Waals surface area contributed by atoms with Crippen molar-refractivity contribution in [1.82, 2.24) is 0 Å². The Balaban J connectivity index is 1.73. The monoisotopic (exact) mass is 493 g/mol. The second kappa shape index (κ2) is 11.4. The number of anilines is 2. The number of nitrogens with one attached hydrogen (secondary N) is 2. The average molecular weight is 494 g/mol. The molecule has 3 rings (SSSR count). The molecule has 8 heteroatoms. The predicted octanol–water partition coefficient (Wildman–Crippen LogP) is 6.17. The van der Waals surface area contributed by atoms with Gasteiger partial charge in [-0.2, -0.15) is 5.26 Å². The molecule has 0 unspecified atom stereocenters. The van der Waals surface area contributed by atoms with E-state index in [-0.39, 0.29) is 18.1 Å². The first kappa shape index (κ1) is 24.8. The third-order valence-electron chi connectivity index (χ3n) is 4.89. The quantitative estimate of drug-likeness (QED) is 0.304. The van der Waals surface area contributed by atoms with Crippen LogP contribution in [0, 0.1) is 25.2 Å². The Bertz CT molecular complexity index is 1300. The largest absolute Gasteiger partial charge is 0.483 e. The van der Waals surface area contributed by atoms with Crippen LogP contribution >= 0.6 is 23.2 Å². The van der Waals surface area contributed by atoms with Gasteiger partial charge in [0.2, 0.25) is 0 Å². The van der Waals surface area contributed by atoms with Crippen LogP contribution in [-0.4, -0.2) is 18.4 Å². The van der Waals surface area contributed by atoms with Gasteiger partial charge in [0.1, 0.15) is 17.4 Å². The Morgan fingerprint density at radius 3 is 2.26 bits per heavy atom. The predicted molar refractivity (Wildman–Crippen MR) is 135 cm³/mol. The Morgan fingerprint density at radius 1 is 0.912 bits per heavy atom. The summed E-state index contributed by atoms with van der Waals surface area (Å²) in [5.41, 5.74) is 3.56. The molecule has 0 bridgehead atoms. The van der Waals surface area contributed by atoms with Gasteiger partial charge in [0.05, 0.1) is 0 Å². The van der Waals surface area contributed by atoms with Gasteiger partial charge in [-0.05, 0) is 85.6 Å². The van der Waals surface area contributed by atoms with Crippen LogP contribution in [0.15, 0.2) is 66.2 Å². The lowest BCUT2D eigenvalue weighted by Crippen LogP contribution is -2.20. The van der Waals surface area contributed by atoms with E-state index in [1.54, 1.807) is 42.5 Å². The normalized spacial score (nSPS) is 10.9. The highest BCUT2D eigenvalue weighted by Crippen LogP contribution is 2.26. The smallest absolute Gasteiger partial charge is 0.266 e. The molecule has 0 fully saturated rings. The number of carbonyl (C=O) groups is 2. The molecule has 0 saturated heterocycles. The van der Waals surface area contributed by atoms with Crippen LogP contribution in [0.25, 0.3) is 6.08 Å². The lowest BCUT2D eigenvalue weighted by atomic mass is 10.1. The summed E-state index contributed by atoms with van der Waals surface area (Å²) in [5, 5.41) is 15.8. The second-order valence-corrected chi connectivity index (χ2v) is 8.32. The van der Waals surface area contributed by atoms with Gasteiger partial charge in [-0.15, -0.1) is 0 Å². The SMILES string of the molecule is Cc1ccc(NC(=O)COc2ccc(Cl)cc2/C=C(/C#N)C(=O)Nc2ccc(Cl)cc2)cc1C. The first-order valence-electron chi connectivity index (χ1n) is 10.2. The topological polar surface area (TPSA) is 91.2 Å². The summed E-state index contributed by atoms with van der Waals surface area (Å²) in [6.45, 7) is 3.68. The molecular weight excluding hydrogens is 473 g/mol. The van der Waals surface area contributed by atoms with Crippen molar-refractivity contribution in [1.29, 1.82) is 5.26 Å². The molecule has 3 aromatic carbocycles. The molecule has 3 aromatic rings. The van der Waals surface area contributed by atoms with E-state index in [2.05, 4.69) is 10.6 Å². The fourth-order valence-corrected chi connectivity index (χ4v) is 3.27. The van der Waals surface area contributed by atoms with E-state index in [0.717, 1.165) is 11.1 Å². The molecule has 0 radical (unpaired) electrons. The van der Waals surface area contributed by atoms with Gasteiger partial charge in [0.25, 0.3) is 11.8 Å². The van der Waals surface area contributed by atoms with E-state index in [1.165, 1.54) is 6.08 Å². The number of benzene rings is 3. The standard InChI is InChI=1S/C26H21Cl2N3O3/c1-16-3-7-23(11-17(16)2)30-25(32)15-34-24-10-6-21(28)13-18(24)12-19(14-29)26(33)31-22-8-4-20(27)5-9-22/h3-13H,15H2,1-2H3,(H,30,32)(H,31,33)/b19-12-. The summed E-state index contributed by atoms with van der Waals surface area (Å²) < 4.78 is 5.67. The Kier molecular flexibility index (Phi) is 8.31. The van der Waals surface area contributed by atoms with Crippen molar-refractivity contribution in [2.75, 3.05) is 17.2 Å². The van der Waals surface area contributed by atoms with Crippen LogP contribution in [0.3, 0.4) is 0 Å². The Hall–Kier alpha value is -3.79. The number of aryl methyl sites for hydroxylation is 2. The zero-order valence-electron chi connectivity index (χ0n) is 18.5. The van der Waals surface area contributed by atoms with Crippen molar-refractivity contribution in [2.45, 2.75) is 13.8 Å². The molecule has 0 saturated carbocycles. The van der Waals surface area contributed by atoms with Crippen molar-refractivity contribution in [2.24, 2.45) is 0 Å². The number of amides is 2. The molecule has 0 aliphatic rings. The third kappa shape index (κ3) is 6.85. The van der Waals surface area contributed by atoms with Gasteiger partial charge in [-0.1, -0.05) is 29.3 Å². The average Bonchev–Trinajstić information content (AvgIpc) is 2.80. The third-order valence-corrected chi connectivity index (χ3v) is 5.38. The number of carbonyl (C=O) groups excluding carboxylic acids is 2. The number of rotatable bonds is 7. The minimum absolute atomic E-state index is 0.165. The molecule has 0 aliphatic carbocycles. The van der Waals surface area contributed by atoms with Crippen molar-refractivity contribution < 1.29 is 14.3 Å². The van der Waals surface area contributed by atoms with E-state index >= 15 is 0 Å². The first-order valence-corrected chi connectivity index (χ1v) is 11.0. The lowest BCUT2D eigenvalue weighted by molar-refractivity contribution is -0.118. The summed E-state index contributed by atoms with van der Waals surface area (Å²) >= 11 is 12.0. The van der Waals surface area contributed by atoms with E-state index < -0.39 is 5.91 Å². The van der Waals surface area contributed by atoms with Crippen LogP contribution in [-0.2, 0) is 9.59 Å². The Morgan fingerprint density at radius 2 is 1.59 bits per heavy atom. The van der Waals surface area contributed by atoms with E-state index in [0.29, 0.717) is 32.7 Å². The summed E-state index contributed by atoms with van der Waals surface area (Å²) in [4.78, 5) is 24.9. The molecule has 2 N–H and O–H groups in total. The molecule has 0 heterocycles. The number of nitrogens with zero attached hydrogens (tertiary/aromatic N) is 1. The van der Waals surface area contributed by atoms with E-state index in [9.17, 15) is 14.9 Å². The zero-order chi connectivity index (χ0) is 24.7. The van der Waals surface area contributed by atoms with Crippen molar-refractivity contribution >= 4 is 52.5 Å². The van der Waals surface area contributed by atoms with Crippen molar-refractivity contribution in [3.8, 4) is 11.8 Å². The molecule has 0 aliphatic heterocycles. The minimum atomic E-state index is -0.608. The van der Waals surface area contributed by atoms with Crippen molar-refractivity contribution in [3.63, 3.8) is 0 Å². The van der Waals surface area contributed by atoms with Gasteiger partial charge in [0.15, 0.2) is 6.61 Å². The van der Waals surface area contributed by atoms with Crippen LogP contribution in [0.1, 0.15) is 16.7 Å². The zero-order valence-corrected chi connectivity index (χ0v) is 20.0. The minimum Gasteiger partial charge on any atom is -0.483 e. The van der Waals surface area contributed by atoms with E-state index in [1.807, 2.05) is 38.1 Å². The highest BCUT2D eigenvalue weighted by atomic mass is 35.5. The second-order valence-electron chi connectivity index (χ2n) is 7.45. The van der Waals surface area contributed by atoms with Gasteiger partial charge >= 0.3 is 0 Å². The number of ether oxygens (including phenoxy) is 1. The summed E-state index contributed by atoms with van der Waals surface area (Å²) in [6, 6.07) is 18.7. The number of hydrogen-bond donors (Lipinski definition) is 2. The number of hydrogen-bond acceptors (Lipinski definition) is 4. The maximum atomic E-state index is 12.6. The molecule has 0 aromatic heterocycles. The number of nitriles is 1. The molecule has 2 amide bonds. The van der Waals surface area contributed by atoms with Crippen LogP contribution in [0.5, 0.6) is 5.75 Å². The highest BCUT2D eigenvalue weighted by Gasteiger charge is 2.13. The summed E-state index contributed by atoms with van der Waals surface area (Å²) in [5.74, 6) is -0.663. The summed E-state index contributed by atoms with van der Waals surface area (Å²) in [7, 11) is 0. The van der Waals surface area contributed by atoms with Gasteiger partial charge < -0.3 is 15.4 Å². The van der Waals surface area contributed by atoms with Gasteiger partial charge in [-0.25, -0.2) is 0 Å². The molecular formula is C26H21Cl2N3O3. The first-order chi connectivity index (χ1) is 16.2. The Labute approximate surface area is 207 Å². The maximum Gasteiger partial charge on any atom is 0.266 e. The van der Waals surface area contributed by atoms with Crippen molar-refractivity contribution in [3.05, 3.63) is 93.0 Å². The fourth-order valence-electron chi connectivity index (χ4n) is 2.96.